The smallest absolute Gasteiger partial charge is 0.326 e. The number of aliphatic carboxylic acids is 1. The molecule has 2 aromatic heterocycles. The van der Waals surface area contributed by atoms with E-state index in [1.165, 1.54) is 18.3 Å². The Hall–Kier alpha value is -4.99. The second-order valence-corrected chi connectivity index (χ2v) is 7.32. The predicted octanol–water partition coefficient (Wildman–Crippen LogP) is -0.0911. The molecule has 0 saturated carbocycles. The largest absolute Gasteiger partial charge is 0.480 e. The Morgan fingerprint density at radius 3 is 2.54 bits per heavy atom. The minimum absolute atomic E-state index is 0.0135. The average molecular weight is 477 g/mol. The molecule has 0 radical (unpaired) electrons. The maximum atomic E-state index is 12.5. The Balaban J connectivity index is 1.57. The SMILES string of the molecule is C#CCNC(=O)CCC(NC(=O)c1ccc(NCc2cnc3nc(N)nc(N)c3n2)cc1)C(=O)O. The van der Waals surface area contributed by atoms with E-state index in [0.29, 0.717) is 29.1 Å². The second kappa shape index (κ2) is 11.2. The van der Waals surface area contributed by atoms with E-state index in [1.54, 1.807) is 12.1 Å². The van der Waals surface area contributed by atoms with Crippen LogP contribution in [0.4, 0.5) is 17.5 Å². The zero-order valence-corrected chi connectivity index (χ0v) is 18.5. The molecule has 1 unspecified atom stereocenters. The van der Waals surface area contributed by atoms with Crippen molar-refractivity contribution in [2.24, 2.45) is 0 Å². The summed E-state index contributed by atoms with van der Waals surface area (Å²) in [5, 5.41) is 17.4. The molecular formula is C22H23N9O4. The van der Waals surface area contributed by atoms with E-state index in [9.17, 15) is 19.5 Å². The normalized spacial score (nSPS) is 11.3. The lowest BCUT2D eigenvalue weighted by molar-refractivity contribution is -0.139. The molecule has 2 heterocycles. The summed E-state index contributed by atoms with van der Waals surface area (Å²) in [4.78, 5) is 52.0. The molecule has 2 amide bonds. The van der Waals surface area contributed by atoms with Gasteiger partial charge in [0.05, 0.1) is 25.0 Å². The number of carboxylic acids is 1. The zero-order valence-electron chi connectivity index (χ0n) is 18.5. The minimum Gasteiger partial charge on any atom is -0.480 e. The number of nitrogens with two attached hydrogens (primary N) is 2. The number of aromatic nitrogens is 4. The van der Waals surface area contributed by atoms with Crippen molar-refractivity contribution in [1.29, 1.82) is 0 Å². The van der Waals surface area contributed by atoms with Crippen LogP contribution in [0, 0.1) is 12.3 Å². The van der Waals surface area contributed by atoms with Crippen molar-refractivity contribution in [1.82, 2.24) is 30.6 Å². The first-order chi connectivity index (χ1) is 16.8. The number of anilines is 3. The number of carboxylic acid groups (broad SMARTS) is 1. The van der Waals surface area contributed by atoms with Gasteiger partial charge in [-0.1, -0.05) is 5.92 Å². The van der Waals surface area contributed by atoms with Gasteiger partial charge in [-0.05, 0) is 30.7 Å². The van der Waals surface area contributed by atoms with Crippen LogP contribution in [0.2, 0.25) is 0 Å². The van der Waals surface area contributed by atoms with Crippen molar-refractivity contribution < 1.29 is 19.5 Å². The number of nitrogen functional groups attached to an aromatic ring is 2. The van der Waals surface area contributed by atoms with Crippen LogP contribution < -0.4 is 27.4 Å². The van der Waals surface area contributed by atoms with Crippen LogP contribution in [-0.2, 0) is 16.1 Å². The number of carbonyl (C=O) groups is 3. The number of carbonyl (C=O) groups excluding carboxylic acids is 2. The fraction of sp³-hybridized carbons (Fsp3) is 0.227. The Labute approximate surface area is 199 Å². The average Bonchev–Trinajstić information content (AvgIpc) is 2.84. The summed E-state index contributed by atoms with van der Waals surface area (Å²) in [5.74, 6) is 0.177. The third kappa shape index (κ3) is 6.75. The maximum Gasteiger partial charge on any atom is 0.326 e. The molecule has 0 fully saturated rings. The van der Waals surface area contributed by atoms with Crippen molar-refractivity contribution in [2.75, 3.05) is 23.3 Å². The molecule has 35 heavy (non-hydrogen) atoms. The van der Waals surface area contributed by atoms with Crippen molar-refractivity contribution in [3.63, 3.8) is 0 Å². The fourth-order valence-corrected chi connectivity index (χ4v) is 3.01. The molecule has 1 atom stereocenters. The highest BCUT2D eigenvalue weighted by molar-refractivity contribution is 5.97. The quantitative estimate of drug-likeness (QED) is 0.212. The molecule has 0 bridgehead atoms. The fourth-order valence-electron chi connectivity index (χ4n) is 3.01. The van der Waals surface area contributed by atoms with Gasteiger partial charge in [0.2, 0.25) is 11.9 Å². The molecule has 1 aromatic carbocycles. The molecule has 13 nitrogen and oxygen atoms in total. The molecular weight excluding hydrogens is 454 g/mol. The molecule has 0 aliphatic rings. The van der Waals surface area contributed by atoms with Crippen LogP contribution >= 0.6 is 0 Å². The van der Waals surface area contributed by atoms with E-state index in [4.69, 9.17) is 17.9 Å². The highest BCUT2D eigenvalue weighted by Crippen LogP contribution is 2.16. The van der Waals surface area contributed by atoms with Gasteiger partial charge in [-0.2, -0.15) is 9.97 Å². The van der Waals surface area contributed by atoms with E-state index < -0.39 is 23.8 Å². The number of benzene rings is 1. The minimum atomic E-state index is -1.24. The molecule has 3 rings (SSSR count). The number of rotatable bonds is 10. The summed E-state index contributed by atoms with van der Waals surface area (Å²) < 4.78 is 0. The lowest BCUT2D eigenvalue weighted by atomic mass is 10.1. The number of amides is 2. The van der Waals surface area contributed by atoms with Gasteiger partial charge in [-0.3, -0.25) is 9.59 Å². The van der Waals surface area contributed by atoms with Crippen LogP contribution in [0.1, 0.15) is 28.9 Å². The van der Waals surface area contributed by atoms with Gasteiger partial charge < -0.3 is 32.5 Å². The lowest BCUT2D eigenvalue weighted by Gasteiger charge is -2.14. The zero-order chi connectivity index (χ0) is 25.4. The molecule has 8 N–H and O–H groups in total. The summed E-state index contributed by atoms with van der Waals surface area (Å²) >= 11 is 0. The van der Waals surface area contributed by atoms with Crippen molar-refractivity contribution in [3.8, 4) is 12.3 Å². The van der Waals surface area contributed by atoms with Crippen LogP contribution in [0.15, 0.2) is 30.5 Å². The van der Waals surface area contributed by atoms with Gasteiger partial charge in [0.25, 0.3) is 5.91 Å². The topological polar surface area (TPSA) is 211 Å². The molecule has 180 valence electrons. The Kier molecular flexibility index (Phi) is 7.91. The first-order valence-electron chi connectivity index (χ1n) is 10.4. The summed E-state index contributed by atoms with van der Waals surface area (Å²) in [5.41, 5.74) is 13.5. The molecule has 3 aromatic rings. The van der Waals surface area contributed by atoms with E-state index in [2.05, 4.69) is 41.8 Å². The van der Waals surface area contributed by atoms with Gasteiger partial charge in [-0.15, -0.1) is 6.42 Å². The Morgan fingerprint density at radius 2 is 1.86 bits per heavy atom. The number of terminal acetylenes is 1. The summed E-state index contributed by atoms with van der Waals surface area (Å²) in [6.45, 7) is 0.357. The third-order valence-electron chi connectivity index (χ3n) is 4.77. The first kappa shape index (κ1) is 24.6. The van der Waals surface area contributed by atoms with Gasteiger partial charge in [-0.25, -0.2) is 14.8 Å². The van der Waals surface area contributed by atoms with Gasteiger partial charge in [0.1, 0.15) is 6.04 Å². The third-order valence-corrected chi connectivity index (χ3v) is 4.77. The molecule has 13 heteroatoms. The summed E-state index contributed by atoms with van der Waals surface area (Å²) in [7, 11) is 0. The van der Waals surface area contributed by atoms with E-state index >= 15 is 0 Å². The second-order valence-electron chi connectivity index (χ2n) is 7.32. The van der Waals surface area contributed by atoms with Gasteiger partial charge >= 0.3 is 5.97 Å². The first-order valence-corrected chi connectivity index (χ1v) is 10.4. The van der Waals surface area contributed by atoms with Crippen LogP contribution in [0.3, 0.4) is 0 Å². The van der Waals surface area contributed by atoms with Crippen molar-refractivity contribution >= 4 is 46.4 Å². The number of nitrogens with zero attached hydrogens (tertiary/aromatic N) is 4. The van der Waals surface area contributed by atoms with Crippen LogP contribution in [-0.4, -0.2) is 55.4 Å². The summed E-state index contributed by atoms with van der Waals surface area (Å²) in [6, 6.07) is 5.17. The van der Waals surface area contributed by atoms with Crippen molar-refractivity contribution in [2.45, 2.75) is 25.4 Å². The maximum absolute atomic E-state index is 12.5. The molecule has 0 spiro atoms. The van der Waals surface area contributed by atoms with E-state index in [-0.39, 0.29) is 36.7 Å². The highest BCUT2D eigenvalue weighted by atomic mass is 16.4. The highest BCUT2D eigenvalue weighted by Gasteiger charge is 2.21. The number of nitrogens with one attached hydrogen (secondary N) is 3. The molecule has 0 aliphatic carbocycles. The van der Waals surface area contributed by atoms with E-state index in [1.807, 2.05) is 0 Å². The Bertz CT molecular complexity index is 1290. The Morgan fingerprint density at radius 1 is 1.11 bits per heavy atom. The standard InChI is InChI=1S/C22H23N9O4/c1-2-9-25-16(32)8-7-15(21(34)35)29-20(33)12-3-5-13(6-4-12)26-10-14-11-27-19-17(28-14)18(23)30-22(24)31-19/h1,3-6,11,15,26H,7-10H2,(H,25,32)(H,29,33)(H,34,35)(H4,23,24,27,30,31). The number of hydrogen-bond acceptors (Lipinski definition) is 10. The van der Waals surface area contributed by atoms with Gasteiger partial charge in [0, 0.05) is 17.7 Å². The van der Waals surface area contributed by atoms with E-state index in [0.717, 1.165) is 0 Å². The van der Waals surface area contributed by atoms with Crippen LogP contribution in [0.25, 0.3) is 11.2 Å². The summed E-state index contributed by atoms with van der Waals surface area (Å²) in [6.07, 6.45) is 6.42. The van der Waals surface area contributed by atoms with Crippen LogP contribution in [0.5, 0.6) is 0 Å². The van der Waals surface area contributed by atoms with Crippen molar-refractivity contribution in [3.05, 3.63) is 41.7 Å². The monoisotopic (exact) mass is 477 g/mol. The molecule has 0 saturated heterocycles. The number of hydrogen-bond donors (Lipinski definition) is 6. The van der Waals surface area contributed by atoms with Gasteiger partial charge in [0.15, 0.2) is 17.0 Å². The predicted molar refractivity (Wildman–Crippen MR) is 128 cm³/mol. The lowest BCUT2D eigenvalue weighted by Crippen LogP contribution is -2.41. The number of fused-ring (bicyclic) bond motifs is 1. The molecule has 0 aliphatic heterocycles.